The van der Waals surface area contributed by atoms with Crippen LogP contribution in [0.3, 0.4) is 0 Å². The summed E-state index contributed by atoms with van der Waals surface area (Å²) in [6.45, 7) is 1.63. The molecule has 2 fully saturated rings. The predicted molar refractivity (Wildman–Crippen MR) is 76.5 cm³/mol. The Morgan fingerprint density at radius 3 is 2.91 bits per heavy atom. The highest BCUT2D eigenvalue weighted by Crippen LogP contribution is 2.41. The standard InChI is InChI=1S/C16H18O7/c1-2-12(18)23-15(19)9-4-3-5-10(6-9)16(20)8-22-13-11(17)7-21-14(13)16/h3-6,11,13-14,17,20H,2,7-8H2,1H3/t11-,13-,14+,16+/m1/s1. The summed E-state index contributed by atoms with van der Waals surface area (Å²) in [7, 11) is 0. The van der Waals surface area contributed by atoms with Crippen molar-refractivity contribution in [1.82, 2.24) is 0 Å². The monoisotopic (exact) mass is 322 g/mol. The molecule has 124 valence electrons. The topological polar surface area (TPSA) is 102 Å². The molecule has 2 N–H and O–H groups in total. The molecule has 0 unspecified atom stereocenters. The zero-order chi connectivity index (χ0) is 16.6. The highest BCUT2D eigenvalue weighted by atomic mass is 16.6. The quantitative estimate of drug-likeness (QED) is 0.602. The summed E-state index contributed by atoms with van der Waals surface area (Å²) in [5, 5.41) is 20.7. The van der Waals surface area contributed by atoms with Crippen LogP contribution < -0.4 is 0 Å². The second-order valence-electron chi connectivity index (χ2n) is 5.72. The van der Waals surface area contributed by atoms with Crippen LogP contribution in [-0.4, -0.2) is 53.7 Å². The van der Waals surface area contributed by atoms with E-state index in [1.807, 2.05) is 0 Å². The number of hydrogen-bond acceptors (Lipinski definition) is 7. The minimum atomic E-state index is -1.47. The molecule has 1 aromatic carbocycles. The van der Waals surface area contributed by atoms with Crippen LogP contribution in [0.15, 0.2) is 24.3 Å². The average Bonchev–Trinajstić information content (AvgIpc) is 3.10. The number of ether oxygens (including phenoxy) is 3. The molecule has 0 amide bonds. The predicted octanol–water partition coefficient (Wildman–Crippen LogP) is 0.126. The van der Waals surface area contributed by atoms with E-state index in [0.717, 1.165) is 0 Å². The SMILES string of the molecule is CCC(=O)OC(=O)c1cccc([C@@]2(O)CO[C@@H]3[C@H](O)CO[C@@H]32)c1. The molecule has 0 spiro atoms. The fraction of sp³-hybridized carbons (Fsp3) is 0.500. The van der Waals surface area contributed by atoms with Crippen molar-refractivity contribution >= 4 is 11.9 Å². The van der Waals surface area contributed by atoms with Gasteiger partial charge in [0.2, 0.25) is 0 Å². The first-order valence-corrected chi connectivity index (χ1v) is 7.45. The third-order valence-corrected chi connectivity index (χ3v) is 4.18. The molecule has 0 radical (unpaired) electrons. The van der Waals surface area contributed by atoms with Crippen molar-refractivity contribution in [2.24, 2.45) is 0 Å². The number of hydrogen-bond donors (Lipinski definition) is 2. The van der Waals surface area contributed by atoms with Crippen LogP contribution in [0, 0.1) is 0 Å². The first kappa shape index (κ1) is 16.1. The van der Waals surface area contributed by atoms with Gasteiger partial charge < -0.3 is 24.4 Å². The second kappa shape index (κ2) is 6.01. The summed E-state index contributed by atoms with van der Waals surface area (Å²) in [6.07, 6.45) is -2.00. The van der Waals surface area contributed by atoms with Gasteiger partial charge in [0, 0.05) is 6.42 Å². The Morgan fingerprint density at radius 1 is 1.39 bits per heavy atom. The summed E-state index contributed by atoms with van der Waals surface area (Å²) in [5.74, 6) is -1.39. The Bertz CT molecular complexity index is 629. The van der Waals surface area contributed by atoms with Crippen LogP contribution in [-0.2, 0) is 24.6 Å². The highest BCUT2D eigenvalue weighted by molar-refractivity contribution is 5.96. The summed E-state index contributed by atoms with van der Waals surface area (Å²) < 4.78 is 15.6. The first-order valence-electron chi connectivity index (χ1n) is 7.45. The van der Waals surface area contributed by atoms with Gasteiger partial charge in [0.1, 0.15) is 23.9 Å². The highest BCUT2D eigenvalue weighted by Gasteiger charge is 2.56. The van der Waals surface area contributed by atoms with E-state index in [4.69, 9.17) is 9.47 Å². The number of aliphatic hydroxyl groups is 2. The fourth-order valence-electron chi connectivity index (χ4n) is 2.90. The van der Waals surface area contributed by atoms with Crippen molar-refractivity contribution in [2.45, 2.75) is 37.3 Å². The number of fused-ring (bicyclic) bond motifs is 1. The van der Waals surface area contributed by atoms with E-state index >= 15 is 0 Å². The molecule has 2 saturated heterocycles. The minimum absolute atomic E-state index is 0.0498. The molecule has 0 bridgehead atoms. The van der Waals surface area contributed by atoms with Gasteiger partial charge in [0.25, 0.3) is 0 Å². The molecular formula is C16H18O7. The van der Waals surface area contributed by atoms with Gasteiger partial charge in [-0.15, -0.1) is 0 Å². The maximum absolute atomic E-state index is 11.9. The fourth-order valence-corrected chi connectivity index (χ4v) is 2.90. The van der Waals surface area contributed by atoms with E-state index in [1.165, 1.54) is 12.1 Å². The second-order valence-corrected chi connectivity index (χ2v) is 5.72. The summed E-state index contributed by atoms with van der Waals surface area (Å²) in [6, 6.07) is 6.16. The lowest BCUT2D eigenvalue weighted by atomic mass is 9.87. The summed E-state index contributed by atoms with van der Waals surface area (Å²) in [4.78, 5) is 23.2. The molecule has 3 rings (SSSR count). The van der Waals surface area contributed by atoms with E-state index in [-0.39, 0.29) is 25.2 Å². The lowest BCUT2D eigenvalue weighted by molar-refractivity contribution is -0.137. The molecule has 4 atom stereocenters. The summed E-state index contributed by atoms with van der Waals surface area (Å²) in [5.41, 5.74) is -0.898. The Balaban J connectivity index is 1.85. The minimum Gasteiger partial charge on any atom is -0.389 e. The maximum atomic E-state index is 11.9. The molecule has 0 aromatic heterocycles. The summed E-state index contributed by atoms with van der Waals surface area (Å²) >= 11 is 0. The molecular weight excluding hydrogens is 304 g/mol. The molecule has 2 aliphatic heterocycles. The first-order chi connectivity index (χ1) is 11.0. The number of aliphatic hydroxyl groups excluding tert-OH is 1. The van der Waals surface area contributed by atoms with Crippen molar-refractivity contribution in [2.75, 3.05) is 13.2 Å². The van der Waals surface area contributed by atoms with Gasteiger partial charge in [-0.2, -0.15) is 0 Å². The van der Waals surface area contributed by atoms with Gasteiger partial charge in [-0.3, -0.25) is 4.79 Å². The zero-order valence-corrected chi connectivity index (χ0v) is 12.6. The van der Waals surface area contributed by atoms with Gasteiger partial charge in [-0.25, -0.2) is 4.79 Å². The maximum Gasteiger partial charge on any atom is 0.345 e. The smallest absolute Gasteiger partial charge is 0.345 e. The van der Waals surface area contributed by atoms with Gasteiger partial charge in [0.15, 0.2) is 0 Å². The lowest BCUT2D eigenvalue weighted by Gasteiger charge is -2.27. The molecule has 2 heterocycles. The van der Waals surface area contributed by atoms with Crippen LogP contribution in [0.5, 0.6) is 0 Å². The lowest BCUT2D eigenvalue weighted by Crippen LogP contribution is -2.41. The Kier molecular flexibility index (Phi) is 4.20. The van der Waals surface area contributed by atoms with Crippen LogP contribution in [0.1, 0.15) is 29.3 Å². The van der Waals surface area contributed by atoms with Gasteiger partial charge in [-0.1, -0.05) is 19.1 Å². The third-order valence-electron chi connectivity index (χ3n) is 4.18. The van der Waals surface area contributed by atoms with Gasteiger partial charge in [-0.05, 0) is 17.7 Å². The normalized spacial score (nSPS) is 32.6. The Labute approximate surface area is 132 Å². The van der Waals surface area contributed by atoms with Gasteiger partial charge in [0.05, 0.1) is 18.8 Å². The van der Waals surface area contributed by atoms with Crippen molar-refractivity contribution in [1.29, 1.82) is 0 Å². The third kappa shape index (κ3) is 2.76. The van der Waals surface area contributed by atoms with Crippen molar-refractivity contribution in [3.05, 3.63) is 35.4 Å². The van der Waals surface area contributed by atoms with E-state index < -0.39 is 35.9 Å². The molecule has 0 aliphatic carbocycles. The Hall–Kier alpha value is -1.80. The van der Waals surface area contributed by atoms with Crippen LogP contribution in [0.2, 0.25) is 0 Å². The van der Waals surface area contributed by atoms with E-state index in [9.17, 15) is 19.8 Å². The number of benzene rings is 1. The van der Waals surface area contributed by atoms with Crippen molar-refractivity contribution < 1.29 is 34.0 Å². The largest absolute Gasteiger partial charge is 0.389 e. The van der Waals surface area contributed by atoms with Gasteiger partial charge >= 0.3 is 11.9 Å². The van der Waals surface area contributed by atoms with E-state index in [0.29, 0.717) is 5.56 Å². The number of esters is 2. The van der Waals surface area contributed by atoms with E-state index in [1.54, 1.807) is 19.1 Å². The molecule has 7 heteroatoms. The molecule has 23 heavy (non-hydrogen) atoms. The number of rotatable bonds is 3. The van der Waals surface area contributed by atoms with Crippen LogP contribution >= 0.6 is 0 Å². The zero-order valence-electron chi connectivity index (χ0n) is 12.6. The molecule has 2 aliphatic rings. The average molecular weight is 322 g/mol. The molecule has 1 aromatic rings. The van der Waals surface area contributed by atoms with E-state index in [2.05, 4.69) is 4.74 Å². The Morgan fingerprint density at radius 2 is 2.17 bits per heavy atom. The van der Waals surface area contributed by atoms with Crippen LogP contribution in [0.4, 0.5) is 0 Å². The number of carbonyl (C=O) groups is 2. The van der Waals surface area contributed by atoms with Crippen LogP contribution in [0.25, 0.3) is 0 Å². The van der Waals surface area contributed by atoms with Crippen molar-refractivity contribution in [3.8, 4) is 0 Å². The van der Waals surface area contributed by atoms with Crippen molar-refractivity contribution in [3.63, 3.8) is 0 Å². The molecule has 7 nitrogen and oxygen atoms in total. The number of carbonyl (C=O) groups excluding carboxylic acids is 2. The molecule has 0 saturated carbocycles.